The van der Waals surface area contributed by atoms with Gasteiger partial charge in [0, 0.05) is 26.2 Å². The monoisotopic (exact) mass is 307 g/mol. The molecule has 0 aromatic heterocycles. The molecule has 0 spiro atoms. The Kier molecular flexibility index (Phi) is 6.26. The molecule has 1 fully saturated rings. The van der Waals surface area contributed by atoms with Gasteiger partial charge in [-0.2, -0.15) is 0 Å². The maximum atomic E-state index is 5.50. The summed E-state index contributed by atoms with van der Waals surface area (Å²) in [6.45, 7) is 5.19. The molecule has 0 atom stereocenters. The van der Waals surface area contributed by atoms with Gasteiger partial charge in [0.2, 0.25) is 0 Å². The number of nitrogens with one attached hydrogen (secondary N) is 1. The molecule has 0 radical (unpaired) electrons. The number of ether oxygens (including phenoxy) is 1. The first-order valence-electron chi connectivity index (χ1n) is 7.53. The van der Waals surface area contributed by atoms with Crippen molar-refractivity contribution >= 4 is 17.3 Å². The predicted molar refractivity (Wildman–Crippen MR) is 91.0 cm³/mol. The van der Waals surface area contributed by atoms with Gasteiger partial charge in [-0.15, -0.1) is 0 Å². The van der Waals surface area contributed by atoms with Gasteiger partial charge in [0.1, 0.15) is 5.75 Å². The number of hydrogen-bond acceptors (Lipinski definition) is 3. The first-order valence-corrected chi connectivity index (χ1v) is 7.94. The Morgan fingerprint density at radius 1 is 1.19 bits per heavy atom. The van der Waals surface area contributed by atoms with Crippen molar-refractivity contribution in [1.82, 2.24) is 15.1 Å². The SMILES string of the molecule is COc1ccc(CCNC(=S)N2CCCN(C)CC2)cc1. The number of rotatable bonds is 4. The third kappa shape index (κ3) is 5.17. The molecular formula is C16H25N3OS. The minimum absolute atomic E-state index is 0.873. The Bertz CT molecular complexity index is 449. The van der Waals surface area contributed by atoms with Crippen molar-refractivity contribution in [2.24, 2.45) is 0 Å². The molecule has 5 heteroatoms. The minimum atomic E-state index is 0.873. The number of hydrogen-bond donors (Lipinski definition) is 1. The van der Waals surface area contributed by atoms with Crippen molar-refractivity contribution in [2.45, 2.75) is 12.8 Å². The molecule has 0 bridgehead atoms. The number of thiocarbonyl (C=S) groups is 1. The van der Waals surface area contributed by atoms with Gasteiger partial charge in [0.25, 0.3) is 0 Å². The Labute approximate surface area is 133 Å². The zero-order valence-electron chi connectivity index (χ0n) is 13.0. The maximum absolute atomic E-state index is 5.50. The molecule has 0 saturated carbocycles. The summed E-state index contributed by atoms with van der Waals surface area (Å²) in [5, 5.41) is 4.27. The summed E-state index contributed by atoms with van der Waals surface area (Å²) in [7, 11) is 3.86. The summed E-state index contributed by atoms with van der Waals surface area (Å²) in [5.74, 6) is 0.899. The van der Waals surface area contributed by atoms with Crippen LogP contribution in [0.25, 0.3) is 0 Å². The van der Waals surface area contributed by atoms with E-state index in [4.69, 9.17) is 17.0 Å². The van der Waals surface area contributed by atoms with Crippen LogP contribution in [0, 0.1) is 0 Å². The van der Waals surface area contributed by atoms with Crippen LogP contribution in [0.3, 0.4) is 0 Å². The highest BCUT2D eigenvalue weighted by Crippen LogP contribution is 2.11. The molecule has 0 amide bonds. The lowest BCUT2D eigenvalue weighted by molar-refractivity contribution is 0.345. The van der Waals surface area contributed by atoms with Crippen molar-refractivity contribution in [3.8, 4) is 5.75 Å². The highest BCUT2D eigenvalue weighted by molar-refractivity contribution is 7.80. The normalized spacial score (nSPS) is 16.4. The third-order valence-corrected chi connectivity index (χ3v) is 4.26. The lowest BCUT2D eigenvalue weighted by atomic mass is 10.1. The molecule has 116 valence electrons. The first-order chi connectivity index (χ1) is 10.2. The van der Waals surface area contributed by atoms with Crippen LogP contribution in [0.5, 0.6) is 5.75 Å². The molecule has 1 aromatic rings. The second-order valence-corrected chi connectivity index (χ2v) is 5.86. The molecule has 1 N–H and O–H groups in total. The van der Waals surface area contributed by atoms with Gasteiger partial charge in [-0.25, -0.2) is 0 Å². The summed E-state index contributed by atoms with van der Waals surface area (Å²) in [4.78, 5) is 4.65. The molecule has 1 heterocycles. The second-order valence-electron chi connectivity index (χ2n) is 5.47. The van der Waals surface area contributed by atoms with Crippen LogP contribution in [0.15, 0.2) is 24.3 Å². The topological polar surface area (TPSA) is 27.7 Å². The van der Waals surface area contributed by atoms with Crippen molar-refractivity contribution in [3.63, 3.8) is 0 Å². The fourth-order valence-electron chi connectivity index (χ4n) is 2.47. The summed E-state index contributed by atoms with van der Waals surface area (Å²) in [5.41, 5.74) is 1.29. The maximum Gasteiger partial charge on any atom is 0.168 e. The predicted octanol–water partition coefficient (Wildman–Crippen LogP) is 1.75. The summed E-state index contributed by atoms with van der Waals surface area (Å²) < 4.78 is 5.16. The van der Waals surface area contributed by atoms with Crippen LogP contribution >= 0.6 is 12.2 Å². The molecule has 1 aliphatic heterocycles. The highest BCUT2D eigenvalue weighted by atomic mass is 32.1. The largest absolute Gasteiger partial charge is 0.497 e. The number of likely N-dealkylation sites (N-methyl/N-ethyl adjacent to an activating group) is 1. The Hall–Kier alpha value is -1.33. The molecule has 21 heavy (non-hydrogen) atoms. The zero-order valence-corrected chi connectivity index (χ0v) is 13.8. The van der Waals surface area contributed by atoms with Crippen LogP contribution in [0.2, 0.25) is 0 Å². The number of benzene rings is 1. The first kappa shape index (κ1) is 16.0. The standard InChI is InChI=1S/C16H25N3OS/c1-18-10-3-11-19(13-12-18)16(21)17-9-8-14-4-6-15(20-2)7-5-14/h4-7H,3,8-13H2,1-2H3,(H,17,21). The van der Waals surface area contributed by atoms with E-state index in [9.17, 15) is 0 Å². The molecule has 1 aromatic carbocycles. The van der Waals surface area contributed by atoms with Crippen LogP contribution in [0.4, 0.5) is 0 Å². The molecule has 0 unspecified atom stereocenters. The third-order valence-electron chi connectivity index (χ3n) is 3.86. The Morgan fingerprint density at radius 3 is 2.67 bits per heavy atom. The fraction of sp³-hybridized carbons (Fsp3) is 0.562. The quantitative estimate of drug-likeness (QED) is 0.856. The van der Waals surface area contributed by atoms with Crippen LogP contribution < -0.4 is 10.1 Å². The van der Waals surface area contributed by atoms with Crippen molar-refractivity contribution in [3.05, 3.63) is 29.8 Å². The van der Waals surface area contributed by atoms with Crippen LogP contribution in [0.1, 0.15) is 12.0 Å². The summed E-state index contributed by atoms with van der Waals surface area (Å²) in [6, 6.07) is 8.20. The molecular weight excluding hydrogens is 282 g/mol. The number of nitrogens with zero attached hydrogens (tertiary/aromatic N) is 2. The van der Waals surface area contributed by atoms with Crippen molar-refractivity contribution in [1.29, 1.82) is 0 Å². The number of methoxy groups -OCH3 is 1. The van der Waals surface area contributed by atoms with Gasteiger partial charge in [0.05, 0.1) is 7.11 Å². The van der Waals surface area contributed by atoms with Gasteiger partial charge in [-0.3, -0.25) is 0 Å². The van der Waals surface area contributed by atoms with E-state index in [-0.39, 0.29) is 0 Å². The van der Waals surface area contributed by atoms with Gasteiger partial charge in [-0.05, 0) is 56.3 Å². The molecule has 4 nitrogen and oxygen atoms in total. The average molecular weight is 307 g/mol. The van der Waals surface area contributed by atoms with Crippen molar-refractivity contribution < 1.29 is 4.74 Å². The Balaban J connectivity index is 1.73. The molecule has 0 aliphatic carbocycles. The highest BCUT2D eigenvalue weighted by Gasteiger charge is 2.14. The summed E-state index contributed by atoms with van der Waals surface area (Å²) >= 11 is 5.50. The van der Waals surface area contributed by atoms with Crippen LogP contribution in [-0.4, -0.2) is 61.8 Å². The van der Waals surface area contributed by atoms with Gasteiger partial charge < -0.3 is 19.9 Å². The van der Waals surface area contributed by atoms with E-state index in [2.05, 4.69) is 34.3 Å². The lowest BCUT2D eigenvalue weighted by Crippen LogP contribution is -2.42. The van der Waals surface area contributed by atoms with E-state index in [1.807, 2.05) is 12.1 Å². The average Bonchev–Trinajstić information content (AvgIpc) is 2.72. The van der Waals surface area contributed by atoms with E-state index in [1.54, 1.807) is 7.11 Å². The van der Waals surface area contributed by atoms with E-state index >= 15 is 0 Å². The van der Waals surface area contributed by atoms with E-state index in [0.29, 0.717) is 0 Å². The van der Waals surface area contributed by atoms with E-state index in [1.165, 1.54) is 12.0 Å². The van der Waals surface area contributed by atoms with Gasteiger partial charge in [-0.1, -0.05) is 12.1 Å². The fourth-order valence-corrected chi connectivity index (χ4v) is 2.75. The van der Waals surface area contributed by atoms with Crippen LogP contribution in [-0.2, 0) is 6.42 Å². The summed E-state index contributed by atoms with van der Waals surface area (Å²) in [6.07, 6.45) is 2.15. The molecule has 1 saturated heterocycles. The minimum Gasteiger partial charge on any atom is -0.497 e. The van der Waals surface area contributed by atoms with Gasteiger partial charge in [0.15, 0.2) is 5.11 Å². The second kappa shape index (κ2) is 8.20. The smallest absolute Gasteiger partial charge is 0.168 e. The zero-order chi connectivity index (χ0) is 15.1. The molecule has 1 aliphatic rings. The van der Waals surface area contributed by atoms with E-state index < -0.39 is 0 Å². The van der Waals surface area contributed by atoms with Crippen molar-refractivity contribution in [2.75, 3.05) is 46.9 Å². The molecule has 2 rings (SSSR count). The lowest BCUT2D eigenvalue weighted by Gasteiger charge is -2.24. The Morgan fingerprint density at radius 2 is 1.95 bits per heavy atom. The van der Waals surface area contributed by atoms with E-state index in [0.717, 1.165) is 50.0 Å². The van der Waals surface area contributed by atoms with Gasteiger partial charge >= 0.3 is 0 Å².